The topological polar surface area (TPSA) is 31.1 Å². The van der Waals surface area contributed by atoms with Crippen LogP contribution in [0.15, 0.2) is 66.0 Å². The number of rotatable bonds is 1. The van der Waals surface area contributed by atoms with Gasteiger partial charge in [0.15, 0.2) is 0 Å². The standard InChI is InChI=1S/C22H19N3S/c1-3-8-17-14(6-1)15-11-12-25-21(20(15)23-17)16-7-2-4-9-18(16)24-22(25)19-10-5-13-26-19/h1-10,13,21-24H,11-12H2/t21-,22+/m0/s1. The van der Waals surface area contributed by atoms with Crippen LogP contribution in [0.3, 0.4) is 0 Å². The molecule has 2 aromatic heterocycles. The highest BCUT2D eigenvalue weighted by atomic mass is 32.1. The molecule has 4 aromatic rings. The Morgan fingerprint density at radius 2 is 1.85 bits per heavy atom. The van der Waals surface area contributed by atoms with Crippen molar-refractivity contribution in [2.24, 2.45) is 0 Å². The largest absolute Gasteiger partial charge is 0.365 e. The average molecular weight is 357 g/mol. The van der Waals surface area contributed by atoms with E-state index in [2.05, 4.69) is 81.2 Å². The summed E-state index contributed by atoms with van der Waals surface area (Å²) in [4.78, 5) is 7.75. The van der Waals surface area contributed by atoms with E-state index in [0.717, 1.165) is 13.0 Å². The van der Waals surface area contributed by atoms with Gasteiger partial charge in [0, 0.05) is 33.7 Å². The second-order valence-corrected chi connectivity index (χ2v) is 8.08. The summed E-state index contributed by atoms with van der Waals surface area (Å²) in [7, 11) is 0. The van der Waals surface area contributed by atoms with Gasteiger partial charge in [-0.1, -0.05) is 42.5 Å². The SMILES string of the molecule is c1csc([C@@H]2Nc3ccccc3[C@H]3c4[nH]c5ccccc5c4CCN32)c1. The average Bonchev–Trinajstić information content (AvgIpc) is 3.34. The Bertz CT molecular complexity index is 1100. The van der Waals surface area contributed by atoms with Crippen LogP contribution in [0.25, 0.3) is 10.9 Å². The number of nitrogens with one attached hydrogen (secondary N) is 2. The number of aromatic amines is 1. The van der Waals surface area contributed by atoms with Crippen LogP contribution in [0.1, 0.15) is 33.9 Å². The Morgan fingerprint density at radius 1 is 0.962 bits per heavy atom. The highest BCUT2D eigenvalue weighted by Crippen LogP contribution is 2.48. The molecule has 2 N–H and O–H groups in total. The van der Waals surface area contributed by atoms with E-state index in [-0.39, 0.29) is 12.2 Å². The van der Waals surface area contributed by atoms with Gasteiger partial charge < -0.3 is 10.3 Å². The summed E-state index contributed by atoms with van der Waals surface area (Å²) in [5.74, 6) is 0. The van der Waals surface area contributed by atoms with Crippen LogP contribution in [-0.2, 0) is 6.42 Å². The first-order valence-electron chi connectivity index (χ1n) is 9.14. The van der Waals surface area contributed by atoms with Crippen LogP contribution in [0.2, 0.25) is 0 Å². The maximum absolute atomic E-state index is 3.79. The van der Waals surface area contributed by atoms with E-state index in [4.69, 9.17) is 0 Å². The molecule has 4 heterocycles. The fourth-order valence-corrected chi connectivity index (χ4v) is 5.44. The van der Waals surface area contributed by atoms with Gasteiger partial charge in [0.05, 0.1) is 6.04 Å². The van der Waals surface area contributed by atoms with Crippen molar-refractivity contribution in [2.75, 3.05) is 11.9 Å². The monoisotopic (exact) mass is 357 g/mol. The Balaban J connectivity index is 1.59. The maximum atomic E-state index is 3.79. The molecule has 4 heteroatoms. The predicted molar refractivity (Wildman–Crippen MR) is 108 cm³/mol. The lowest BCUT2D eigenvalue weighted by molar-refractivity contribution is 0.154. The number of benzene rings is 2. The van der Waals surface area contributed by atoms with E-state index in [0.29, 0.717) is 0 Å². The Morgan fingerprint density at radius 3 is 2.77 bits per heavy atom. The zero-order chi connectivity index (χ0) is 17.1. The number of H-pyrrole nitrogens is 1. The quantitative estimate of drug-likeness (QED) is 0.484. The van der Waals surface area contributed by atoms with Gasteiger partial charge in [-0.25, -0.2) is 0 Å². The third kappa shape index (κ3) is 1.97. The molecule has 2 aromatic carbocycles. The number of aromatic nitrogens is 1. The second-order valence-electron chi connectivity index (χ2n) is 7.10. The van der Waals surface area contributed by atoms with Crippen molar-refractivity contribution in [3.8, 4) is 0 Å². The number of para-hydroxylation sites is 2. The van der Waals surface area contributed by atoms with Crippen LogP contribution in [0, 0.1) is 0 Å². The van der Waals surface area contributed by atoms with E-state index < -0.39 is 0 Å². The van der Waals surface area contributed by atoms with Gasteiger partial charge in [-0.05, 0) is 41.1 Å². The first-order chi connectivity index (χ1) is 12.9. The van der Waals surface area contributed by atoms with Gasteiger partial charge in [-0.15, -0.1) is 11.3 Å². The smallest absolute Gasteiger partial charge is 0.116 e. The zero-order valence-electron chi connectivity index (χ0n) is 14.3. The lowest BCUT2D eigenvalue weighted by atomic mass is 9.89. The molecule has 3 nitrogen and oxygen atoms in total. The minimum Gasteiger partial charge on any atom is -0.365 e. The number of nitrogens with zero attached hydrogens (tertiary/aromatic N) is 1. The Hall–Kier alpha value is -2.56. The molecule has 0 amide bonds. The Kier molecular flexibility index (Phi) is 3.07. The van der Waals surface area contributed by atoms with E-state index in [1.54, 1.807) is 0 Å². The van der Waals surface area contributed by atoms with Crippen molar-refractivity contribution in [2.45, 2.75) is 18.6 Å². The van der Waals surface area contributed by atoms with Crippen LogP contribution in [0.4, 0.5) is 5.69 Å². The summed E-state index contributed by atoms with van der Waals surface area (Å²) in [6.07, 6.45) is 1.32. The van der Waals surface area contributed by atoms with Crippen LogP contribution in [-0.4, -0.2) is 16.4 Å². The summed E-state index contributed by atoms with van der Waals surface area (Å²) in [6.45, 7) is 1.06. The molecule has 2 atom stereocenters. The van der Waals surface area contributed by atoms with Gasteiger partial charge >= 0.3 is 0 Å². The van der Waals surface area contributed by atoms with Crippen molar-refractivity contribution < 1.29 is 0 Å². The molecule has 0 fully saturated rings. The van der Waals surface area contributed by atoms with Crippen molar-refractivity contribution >= 4 is 27.9 Å². The fourth-order valence-electron chi connectivity index (χ4n) is 4.65. The Labute approximate surface area is 156 Å². The van der Waals surface area contributed by atoms with E-state index >= 15 is 0 Å². The molecule has 0 saturated carbocycles. The minimum absolute atomic E-state index is 0.231. The third-order valence-electron chi connectivity index (χ3n) is 5.76. The van der Waals surface area contributed by atoms with Crippen molar-refractivity contribution in [3.63, 3.8) is 0 Å². The van der Waals surface area contributed by atoms with Gasteiger partial charge in [-0.3, -0.25) is 4.90 Å². The molecule has 2 aliphatic rings. The molecule has 128 valence electrons. The first kappa shape index (κ1) is 14.6. The summed E-state index contributed by atoms with van der Waals surface area (Å²) in [5, 5.41) is 7.34. The number of hydrogen-bond donors (Lipinski definition) is 2. The van der Waals surface area contributed by atoms with Crippen LogP contribution in [0.5, 0.6) is 0 Å². The molecule has 26 heavy (non-hydrogen) atoms. The van der Waals surface area contributed by atoms with Crippen LogP contribution >= 0.6 is 11.3 Å². The highest BCUT2D eigenvalue weighted by Gasteiger charge is 2.40. The molecule has 0 radical (unpaired) electrons. The first-order valence-corrected chi connectivity index (χ1v) is 10.0. The lowest BCUT2D eigenvalue weighted by Gasteiger charge is -2.46. The van der Waals surface area contributed by atoms with Crippen LogP contribution < -0.4 is 5.32 Å². The van der Waals surface area contributed by atoms with Crippen molar-refractivity contribution in [1.29, 1.82) is 0 Å². The summed E-state index contributed by atoms with van der Waals surface area (Å²) < 4.78 is 0. The van der Waals surface area contributed by atoms with Gasteiger partial charge in [0.1, 0.15) is 6.17 Å². The van der Waals surface area contributed by atoms with E-state index in [1.165, 1.54) is 38.3 Å². The molecule has 0 bridgehead atoms. The van der Waals surface area contributed by atoms with Gasteiger partial charge in [0.25, 0.3) is 0 Å². The minimum atomic E-state index is 0.231. The lowest BCUT2D eigenvalue weighted by Crippen LogP contribution is -2.44. The van der Waals surface area contributed by atoms with Gasteiger partial charge in [-0.2, -0.15) is 0 Å². The number of thiophene rings is 1. The van der Waals surface area contributed by atoms with E-state index in [1.807, 2.05) is 11.3 Å². The van der Waals surface area contributed by atoms with Crippen molar-refractivity contribution in [1.82, 2.24) is 9.88 Å². The number of hydrogen-bond acceptors (Lipinski definition) is 3. The fraction of sp³-hybridized carbons (Fsp3) is 0.182. The molecule has 0 spiro atoms. The highest BCUT2D eigenvalue weighted by molar-refractivity contribution is 7.10. The molecule has 0 unspecified atom stereocenters. The molecular formula is C22H19N3S. The van der Waals surface area contributed by atoms with E-state index in [9.17, 15) is 0 Å². The third-order valence-corrected chi connectivity index (χ3v) is 6.69. The molecule has 6 rings (SSSR count). The normalized spacial score (nSPS) is 21.7. The summed E-state index contributed by atoms with van der Waals surface area (Å²) >= 11 is 1.83. The van der Waals surface area contributed by atoms with Gasteiger partial charge in [0.2, 0.25) is 0 Å². The number of fused-ring (bicyclic) bond motifs is 7. The second kappa shape index (κ2) is 5.47. The number of anilines is 1. The molecule has 2 aliphatic heterocycles. The maximum Gasteiger partial charge on any atom is 0.116 e. The zero-order valence-corrected chi connectivity index (χ0v) is 15.1. The molecular weight excluding hydrogens is 338 g/mol. The predicted octanol–water partition coefficient (Wildman–Crippen LogP) is 5.30. The van der Waals surface area contributed by atoms with Crippen molar-refractivity contribution in [3.05, 3.63) is 87.7 Å². The summed E-state index contributed by atoms with van der Waals surface area (Å²) in [6, 6.07) is 22.1. The molecule has 0 aliphatic carbocycles. The summed E-state index contributed by atoms with van der Waals surface area (Å²) in [5.41, 5.74) is 6.73. The molecule has 0 saturated heterocycles.